The van der Waals surface area contributed by atoms with Gasteiger partial charge in [-0.3, -0.25) is 9.89 Å². The highest BCUT2D eigenvalue weighted by atomic mass is 32.2. The number of carbonyl (C=O) groups is 1. The van der Waals surface area contributed by atoms with Crippen LogP contribution in [0.25, 0.3) is 10.9 Å². The van der Waals surface area contributed by atoms with Crippen LogP contribution in [-0.4, -0.2) is 66.1 Å². The molecule has 0 aliphatic heterocycles. The molecule has 38 heavy (non-hydrogen) atoms. The molecular weight excluding hydrogens is 508 g/mol. The molecular formula is C25H30N8O4S. The van der Waals surface area contributed by atoms with E-state index < -0.39 is 10.0 Å². The third-order valence-corrected chi connectivity index (χ3v) is 7.22. The normalized spacial score (nSPS) is 11.6. The van der Waals surface area contributed by atoms with Gasteiger partial charge in [0.2, 0.25) is 5.95 Å². The lowest BCUT2D eigenvalue weighted by Gasteiger charge is -2.26. The molecule has 0 saturated carbocycles. The minimum absolute atomic E-state index is 0.00317. The second kappa shape index (κ2) is 12.4. The molecule has 0 unspecified atom stereocenters. The van der Waals surface area contributed by atoms with E-state index in [-0.39, 0.29) is 11.4 Å². The van der Waals surface area contributed by atoms with Crippen molar-refractivity contribution >= 4 is 50.5 Å². The van der Waals surface area contributed by atoms with E-state index in [0.717, 1.165) is 42.6 Å². The maximum atomic E-state index is 12.3. The van der Waals surface area contributed by atoms with E-state index in [9.17, 15) is 13.2 Å². The van der Waals surface area contributed by atoms with Crippen LogP contribution in [-0.2, 0) is 19.7 Å². The molecule has 12 nitrogen and oxygen atoms in total. The van der Waals surface area contributed by atoms with Crippen molar-refractivity contribution in [2.75, 3.05) is 36.4 Å². The summed E-state index contributed by atoms with van der Waals surface area (Å²) < 4.78 is 24.6. The van der Waals surface area contributed by atoms with Crippen molar-refractivity contribution in [1.29, 1.82) is 0 Å². The maximum absolute atomic E-state index is 12.3. The Morgan fingerprint density at radius 3 is 2.68 bits per heavy atom. The van der Waals surface area contributed by atoms with Crippen LogP contribution >= 0.6 is 0 Å². The minimum Gasteiger partial charge on any atom is -0.358 e. The average Bonchev–Trinajstić information content (AvgIpc) is 3.42. The maximum Gasteiger partial charge on any atom is 0.314 e. The Morgan fingerprint density at radius 2 is 1.89 bits per heavy atom. The number of sulfonamides is 1. The van der Waals surface area contributed by atoms with Crippen molar-refractivity contribution < 1.29 is 18.0 Å². The zero-order chi connectivity index (χ0) is 27.0. The van der Waals surface area contributed by atoms with Crippen LogP contribution < -0.4 is 15.1 Å². The number of aromatic nitrogens is 4. The molecule has 4 aromatic rings. The predicted octanol–water partition coefficient (Wildman–Crippen LogP) is 3.33. The van der Waals surface area contributed by atoms with Gasteiger partial charge in [-0.2, -0.15) is 10.1 Å². The molecule has 2 heterocycles. The summed E-state index contributed by atoms with van der Waals surface area (Å²) in [6.07, 6.45) is 4.37. The first kappa shape index (κ1) is 27.0. The standard InChI is InChI=1S/C25H30N8O4S/c1-3-32(4-2)14-7-15-33(23-11-6-10-22-21(23)17-27-30-22)24-12-13-26-25(29-24)28-19-8-5-9-20(16-19)38(35,36)31-37-18-34/h5-6,8-13,16-18,31H,3-4,7,14-15H2,1-2H3,(H,27,30)(H,26,28,29). The summed E-state index contributed by atoms with van der Waals surface area (Å²) in [6.45, 7) is 7.94. The van der Waals surface area contributed by atoms with Gasteiger partial charge in [0.25, 0.3) is 10.0 Å². The Morgan fingerprint density at radius 1 is 1.08 bits per heavy atom. The summed E-state index contributed by atoms with van der Waals surface area (Å²) in [5.41, 5.74) is 2.34. The topological polar surface area (TPSA) is 145 Å². The van der Waals surface area contributed by atoms with Crippen molar-refractivity contribution in [3.63, 3.8) is 0 Å². The van der Waals surface area contributed by atoms with Gasteiger partial charge in [0.05, 0.1) is 22.3 Å². The number of aromatic amines is 1. The van der Waals surface area contributed by atoms with Crippen LogP contribution in [0.2, 0.25) is 0 Å². The van der Waals surface area contributed by atoms with Crippen molar-refractivity contribution in [3.05, 3.63) is 60.9 Å². The summed E-state index contributed by atoms with van der Waals surface area (Å²) in [4.78, 5) is 29.8. The van der Waals surface area contributed by atoms with Crippen molar-refractivity contribution in [2.24, 2.45) is 0 Å². The first-order chi connectivity index (χ1) is 18.4. The largest absolute Gasteiger partial charge is 0.358 e. The molecule has 2 aromatic heterocycles. The van der Waals surface area contributed by atoms with Gasteiger partial charge in [-0.15, -0.1) is 0 Å². The Hall–Kier alpha value is -4.07. The fraction of sp³-hybridized carbons (Fsp3) is 0.280. The highest BCUT2D eigenvalue weighted by Crippen LogP contribution is 2.31. The van der Waals surface area contributed by atoms with Gasteiger partial charge < -0.3 is 20.0 Å². The van der Waals surface area contributed by atoms with Crippen molar-refractivity contribution in [3.8, 4) is 0 Å². The van der Waals surface area contributed by atoms with Crippen molar-refractivity contribution in [2.45, 2.75) is 25.2 Å². The summed E-state index contributed by atoms with van der Waals surface area (Å²) in [5, 5.41) is 11.3. The molecule has 0 amide bonds. The summed E-state index contributed by atoms with van der Waals surface area (Å²) in [5.74, 6) is 0.975. The van der Waals surface area contributed by atoms with E-state index in [1.54, 1.807) is 29.4 Å². The molecule has 3 N–H and O–H groups in total. The fourth-order valence-electron chi connectivity index (χ4n) is 4.10. The van der Waals surface area contributed by atoms with Crippen LogP contribution in [0.5, 0.6) is 0 Å². The molecule has 0 radical (unpaired) electrons. The second-order valence-electron chi connectivity index (χ2n) is 8.33. The number of nitrogens with zero attached hydrogens (tertiary/aromatic N) is 5. The zero-order valence-electron chi connectivity index (χ0n) is 21.2. The van der Waals surface area contributed by atoms with Gasteiger partial charge in [-0.05, 0) is 67.3 Å². The number of fused-ring (bicyclic) bond motifs is 1. The lowest BCUT2D eigenvalue weighted by molar-refractivity contribution is -0.131. The molecule has 0 atom stereocenters. The highest BCUT2D eigenvalue weighted by Gasteiger charge is 2.18. The van der Waals surface area contributed by atoms with Gasteiger partial charge in [0.15, 0.2) is 0 Å². The van der Waals surface area contributed by atoms with Gasteiger partial charge in [0.1, 0.15) is 5.82 Å². The van der Waals surface area contributed by atoms with Crippen molar-refractivity contribution in [1.82, 2.24) is 30.0 Å². The lowest BCUT2D eigenvalue weighted by Crippen LogP contribution is -2.28. The van der Waals surface area contributed by atoms with Crippen LogP contribution in [0.3, 0.4) is 0 Å². The number of anilines is 4. The zero-order valence-corrected chi connectivity index (χ0v) is 22.0. The average molecular weight is 539 g/mol. The first-order valence-electron chi connectivity index (χ1n) is 12.2. The van der Waals surface area contributed by atoms with Gasteiger partial charge >= 0.3 is 6.47 Å². The molecule has 0 fully saturated rings. The minimum atomic E-state index is -4.04. The predicted molar refractivity (Wildman–Crippen MR) is 145 cm³/mol. The summed E-state index contributed by atoms with van der Waals surface area (Å²) >= 11 is 0. The monoisotopic (exact) mass is 538 g/mol. The van der Waals surface area contributed by atoms with Gasteiger partial charge in [0, 0.05) is 23.8 Å². The molecule has 13 heteroatoms. The summed E-state index contributed by atoms with van der Waals surface area (Å²) in [7, 11) is -4.04. The van der Waals surface area contributed by atoms with Crippen LogP contribution in [0.15, 0.2) is 65.8 Å². The SMILES string of the molecule is CCN(CC)CCCN(c1ccnc(Nc2cccc(S(=O)(=O)NOC=O)c2)n1)c1cccc2[nH]ncc12. The molecule has 0 aliphatic rings. The summed E-state index contributed by atoms with van der Waals surface area (Å²) in [6, 6.07) is 13.8. The number of hydrogen-bond donors (Lipinski definition) is 3. The Balaban J connectivity index is 1.62. The van der Waals surface area contributed by atoms with Crippen LogP contribution in [0.1, 0.15) is 20.3 Å². The molecule has 4 rings (SSSR count). The molecule has 0 bridgehead atoms. The molecule has 2 aromatic carbocycles. The van der Waals surface area contributed by atoms with Crippen LogP contribution in [0.4, 0.5) is 23.1 Å². The van der Waals surface area contributed by atoms with E-state index >= 15 is 0 Å². The quantitative estimate of drug-likeness (QED) is 0.161. The number of nitrogens with one attached hydrogen (secondary N) is 3. The molecule has 0 saturated heterocycles. The smallest absolute Gasteiger partial charge is 0.314 e. The Kier molecular flexibility index (Phi) is 8.84. The van der Waals surface area contributed by atoms with E-state index in [1.165, 1.54) is 12.1 Å². The van der Waals surface area contributed by atoms with E-state index in [1.807, 2.05) is 24.3 Å². The second-order valence-corrected chi connectivity index (χ2v) is 9.98. The number of rotatable bonds is 14. The third-order valence-electron chi connectivity index (χ3n) is 6.03. The Bertz CT molecular complexity index is 1470. The van der Waals surface area contributed by atoms with Gasteiger partial charge in [-0.1, -0.05) is 26.0 Å². The molecule has 0 spiro atoms. The number of carbonyl (C=O) groups excluding carboxylic acids is 1. The van der Waals surface area contributed by atoms with E-state index in [0.29, 0.717) is 24.0 Å². The van der Waals surface area contributed by atoms with Gasteiger partial charge in [-0.25, -0.2) is 13.4 Å². The van der Waals surface area contributed by atoms with Crippen LogP contribution in [0, 0.1) is 0 Å². The number of H-pyrrole nitrogens is 1. The van der Waals surface area contributed by atoms with E-state index in [2.05, 4.69) is 49.0 Å². The first-order valence-corrected chi connectivity index (χ1v) is 13.7. The highest BCUT2D eigenvalue weighted by molar-refractivity contribution is 7.89. The number of benzene rings is 2. The lowest BCUT2D eigenvalue weighted by atomic mass is 10.2. The fourth-order valence-corrected chi connectivity index (χ4v) is 4.90. The van der Waals surface area contributed by atoms with E-state index in [4.69, 9.17) is 4.98 Å². The third kappa shape index (κ3) is 6.43. The molecule has 0 aliphatic carbocycles. The number of hydrogen-bond acceptors (Lipinski definition) is 10. The Labute approximate surface area is 221 Å². The molecule has 200 valence electrons.